The highest BCUT2D eigenvalue weighted by Gasteiger charge is 2.31. The number of hydrogen-bond donors (Lipinski definition) is 2. The van der Waals surface area contributed by atoms with Crippen molar-refractivity contribution >= 4 is 33.2 Å². The van der Waals surface area contributed by atoms with Crippen molar-refractivity contribution in [1.29, 1.82) is 0 Å². The molecule has 0 saturated carbocycles. The van der Waals surface area contributed by atoms with Crippen molar-refractivity contribution < 1.29 is 17.6 Å². The lowest BCUT2D eigenvalue weighted by Crippen LogP contribution is -2.40. The number of sulfonamides is 1. The van der Waals surface area contributed by atoms with Gasteiger partial charge in [0, 0.05) is 26.1 Å². The van der Waals surface area contributed by atoms with E-state index in [0.29, 0.717) is 19.0 Å². The smallest absolute Gasteiger partial charge is 0.246 e. The summed E-state index contributed by atoms with van der Waals surface area (Å²) in [6, 6.07) is 1.99. The average molecular weight is 378 g/mol. The summed E-state index contributed by atoms with van der Waals surface area (Å²) in [6.07, 6.45) is 1.44. The van der Waals surface area contributed by atoms with Crippen LogP contribution in [0.2, 0.25) is 5.02 Å². The van der Waals surface area contributed by atoms with E-state index < -0.39 is 26.6 Å². The van der Waals surface area contributed by atoms with Gasteiger partial charge in [0.25, 0.3) is 0 Å². The minimum Gasteiger partial charge on any atom is -0.325 e. The Morgan fingerprint density at radius 2 is 2.00 bits per heavy atom. The third-order valence-corrected chi connectivity index (χ3v) is 6.24. The SMILES string of the molecule is CNCC1CCN(S(=O)(=O)c2cc(Cl)c(NC(C)=O)cc2F)CC1. The molecule has 1 aromatic rings. The number of halogens is 2. The molecule has 0 aromatic heterocycles. The molecular weight excluding hydrogens is 357 g/mol. The van der Waals surface area contributed by atoms with Gasteiger partial charge in [-0.2, -0.15) is 4.31 Å². The first-order valence-corrected chi connectivity index (χ1v) is 9.49. The first-order valence-electron chi connectivity index (χ1n) is 7.67. The van der Waals surface area contributed by atoms with Gasteiger partial charge in [-0.05, 0) is 38.4 Å². The first-order chi connectivity index (χ1) is 11.3. The van der Waals surface area contributed by atoms with Crippen molar-refractivity contribution in [1.82, 2.24) is 9.62 Å². The molecule has 1 saturated heterocycles. The second kappa shape index (κ2) is 7.77. The fraction of sp³-hybridized carbons (Fsp3) is 0.533. The summed E-state index contributed by atoms with van der Waals surface area (Å²) in [5.74, 6) is -0.934. The molecule has 1 fully saturated rings. The Labute approximate surface area is 146 Å². The highest BCUT2D eigenvalue weighted by molar-refractivity contribution is 7.89. The lowest BCUT2D eigenvalue weighted by molar-refractivity contribution is -0.114. The maximum Gasteiger partial charge on any atom is 0.246 e. The number of piperidine rings is 1. The number of hydrogen-bond acceptors (Lipinski definition) is 4. The summed E-state index contributed by atoms with van der Waals surface area (Å²) in [6.45, 7) is 2.78. The fourth-order valence-corrected chi connectivity index (χ4v) is 4.61. The third-order valence-electron chi connectivity index (χ3n) is 4.02. The van der Waals surface area contributed by atoms with Gasteiger partial charge in [-0.3, -0.25) is 4.79 Å². The lowest BCUT2D eigenvalue weighted by Gasteiger charge is -2.31. The van der Waals surface area contributed by atoms with Gasteiger partial charge in [-0.25, -0.2) is 12.8 Å². The van der Waals surface area contributed by atoms with Crippen LogP contribution in [0.4, 0.5) is 10.1 Å². The zero-order chi connectivity index (χ0) is 17.9. The van der Waals surface area contributed by atoms with Crippen LogP contribution in [0.3, 0.4) is 0 Å². The molecule has 0 atom stereocenters. The van der Waals surface area contributed by atoms with Crippen LogP contribution in [0.25, 0.3) is 0 Å². The molecule has 0 aliphatic carbocycles. The summed E-state index contributed by atoms with van der Waals surface area (Å²) >= 11 is 5.98. The predicted molar refractivity (Wildman–Crippen MR) is 91.1 cm³/mol. The van der Waals surface area contributed by atoms with E-state index in [1.54, 1.807) is 0 Å². The number of nitrogens with zero attached hydrogens (tertiary/aromatic N) is 1. The van der Waals surface area contributed by atoms with Crippen LogP contribution >= 0.6 is 11.6 Å². The van der Waals surface area contributed by atoms with Gasteiger partial charge < -0.3 is 10.6 Å². The van der Waals surface area contributed by atoms with Crippen molar-refractivity contribution in [2.75, 3.05) is 32.0 Å². The molecule has 1 amide bonds. The molecule has 0 unspecified atom stereocenters. The van der Waals surface area contributed by atoms with Gasteiger partial charge in [-0.1, -0.05) is 11.6 Å². The van der Waals surface area contributed by atoms with Crippen LogP contribution in [0.5, 0.6) is 0 Å². The molecule has 0 radical (unpaired) electrons. The van der Waals surface area contributed by atoms with Crippen molar-refractivity contribution in [3.63, 3.8) is 0 Å². The van der Waals surface area contributed by atoms with Crippen molar-refractivity contribution in [3.05, 3.63) is 23.0 Å². The van der Waals surface area contributed by atoms with Crippen molar-refractivity contribution in [2.45, 2.75) is 24.7 Å². The predicted octanol–water partition coefficient (Wildman–Crippen LogP) is 2.06. The fourth-order valence-electron chi connectivity index (χ4n) is 2.79. The van der Waals surface area contributed by atoms with Gasteiger partial charge in [0.05, 0.1) is 10.7 Å². The molecule has 9 heteroatoms. The molecule has 2 rings (SSSR count). The van der Waals surface area contributed by atoms with Crippen molar-refractivity contribution in [3.8, 4) is 0 Å². The van der Waals surface area contributed by atoms with E-state index in [9.17, 15) is 17.6 Å². The van der Waals surface area contributed by atoms with E-state index >= 15 is 0 Å². The molecule has 1 heterocycles. The van der Waals surface area contributed by atoms with E-state index in [0.717, 1.165) is 31.5 Å². The first kappa shape index (κ1) is 19.1. The Morgan fingerprint density at radius 1 is 1.38 bits per heavy atom. The average Bonchev–Trinajstić information content (AvgIpc) is 2.51. The summed E-state index contributed by atoms with van der Waals surface area (Å²) < 4.78 is 41.0. The summed E-state index contributed by atoms with van der Waals surface area (Å²) in [7, 11) is -2.10. The molecule has 134 valence electrons. The van der Waals surface area contributed by atoms with Gasteiger partial charge >= 0.3 is 0 Å². The lowest BCUT2D eigenvalue weighted by atomic mass is 9.98. The minimum atomic E-state index is -3.96. The third kappa shape index (κ3) is 4.24. The second-order valence-electron chi connectivity index (χ2n) is 5.85. The van der Waals surface area contributed by atoms with Crippen LogP contribution in [-0.4, -0.2) is 45.3 Å². The van der Waals surface area contributed by atoms with Crippen LogP contribution in [0.15, 0.2) is 17.0 Å². The number of benzene rings is 1. The van der Waals surface area contributed by atoms with Gasteiger partial charge in [0.15, 0.2) is 0 Å². The number of carbonyl (C=O) groups excluding carboxylic acids is 1. The van der Waals surface area contributed by atoms with E-state index in [1.807, 2.05) is 7.05 Å². The quantitative estimate of drug-likeness (QED) is 0.823. The highest BCUT2D eigenvalue weighted by atomic mass is 35.5. The topological polar surface area (TPSA) is 78.5 Å². The Balaban J connectivity index is 2.24. The Morgan fingerprint density at radius 3 is 2.54 bits per heavy atom. The second-order valence-corrected chi connectivity index (χ2v) is 8.16. The van der Waals surface area contributed by atoms with Gasteiger partial charge in [0.1, 0.15) is 10.7 Å². The standard InChI is InChI=1S/C15H21ClFN3O3S/c1-10(21)19-14-8-13(17)15(7-12(14)16)24(22,23)20-5-3-11(4-6-20)9-18-2/h7-8,11,18H,3-6,9H2,1-2H3,(H,19,21). The van der Waals surface area contributed by atoms with Crippen LogP contribution in [0.1, 0.15) is 19.8 Å². The van der Waals surface area contributed by atoms with Gasteiger partial charge in [-0.15, -0.1) is 0 Å². The molecule has 24 heavy (non-hydrogen) atoms. The van der Waals surface area contributed by atoms with Gasteiger partial charge in [0.2, 0.25) is 15.9 Å². The molecule has 6 nitrogen and oxygen atoms in total. The summed E-state index contributed by atoms with van der Waals surface area (Å²) in [5, 5.41) is 5.43. The van der Waals surface area contributed by atoms with Crippen molar-refractivity contribution in [2.24, 2.45) is 5.92 Å². The van der Waals surface area contributed by atoms with Crippen LogP contribution in [0, 0.1) is 11.7 Å². The molecule has 1 aliphatic heterocycles. The normalized spacial score (nSPS) is 17.0. The largest absolute Gasteiger partial charge is 0.325 e. The maximum atomic E-state index is 14.3. The number of anilines is 1. The summed E-state index contributed by atoms with van der Waals surface area (Å²) in [4.78, 5) is 10.6. The Hall–Kier alpha value is -1.22. The number of amides is 1. The van der Waals surface area contributed by atoms with E-state index in [1.165, 1.54) is 11.2 Å². The van der Waals surface area contributed by atoms with E-state index in [4.69, 9.17) is 11.6 Å². The van der Waals surface area contributed by atoms with Crippen LogP contribution in [-0.2, 0) is 14.8 Å². The molecular formula is C15H21ClFN3O3S. The zero-order valence-corrected chi connectivity index (χ0v) is 15.2. The Bertz CT molecular complexity index is 719. The molecule has 0 spiro atoms. The van der Waals surface area contributed by atoms with E-state index in [-0.39, 0.29) is 10.7 Å². The monoisotopic (exact) mass is 377 g/mol. The maximum absolute atomic E-state index is 14.3. The summed E-state index contributed by atoms with van der Waals surface area (Å²) in [5.41, 5.74) is 0.0494. The van der Waals surface area contributed by atoms with E-state index in [2.05, 4.69) is 10.6 Å². The highest BCUT2D eigenvalue weighted by Crippen LogP contribution is 2.31. The molecule has 2 N–H and O–H groups in total. The minimum absolute atomic E-state index is 0.0183. The Kier molecular flexibility index (Phi) is 6.19. The molecule has 0 bridgehead atoms. The molecule has 1 aromatic carbocycles. The number of carbonyl (C=O) groups is 1. The molecule has 1 aliphatic rings. The number of rotatable bonds is 5. The zero-order valence-electron chi connectivity index (χ0n) is 13.6. The number of nitrogens with one attached hydrogen (secondary N) is 2. The van der Waals surface area contributed by atoms with Crippen LogP contribution < -0.4 is 10.6 Å².